The minimum atomic E-state index is -0.731. The highest BCUT2D eigenvalue weighted by Gasteiger charge is 2.35. The Bertz CT molecular complexity index is 802. The molecule has 2 heterocycles. The van der Waals surface area contributed by atoms with E-state index in [1.165, 1.54) is 10.5 Å². The summed E-state index contributed by atoms with van der Waals surface area (Å²) in [7, 11) is 0. The predicted molar refractivity (Wildman–Crippen MR) is 109 cm³/mol. The minimum absolute atomic E-state index is 0.0151. The molecule has 0 spiro atoms. The maximum absolute atomic E-state index is 13.4. The van der Waals surface area contributed by atoms with Gasteiger partial charge in [-0.3, -0.25) is 9.69 Å². The molecule has 27 heavy (non-hydrogen) atoms. The van der Waals surface area contributed by atoms with Crippen molar-refractivity contribution in [3.8, 4) is 0 Å². The lowest BCUT2D eigenvalue weighted by molar-refractivity contribution is -0.126. The molecule has 1 saturated heterocycles. The lowest BCUT2D eigenvalue weighted by Gasteiger charge is -2.32. The molecule has 1 amide bonds. The van der Waals surface area contributed by atoms with Crippen LogP contribution in [0.2, 0.25) is 5.02 Å². The highest BCUT2D eigenvalue weighted by Crippen LogP contribution is 2.34. The molecule has 1 aliphatic rings. The Hall–Kier alpha value is -1.95. The fraction of sp³-hybridized carbons (Fsp3) is 0.429. The number of aliphatic hydroxyl groups excluding tert-OH is 1. The molecule has 1 aromatic carbocycles. The first kappa shape index (κ1) is 19.8. The van der Waals surface area contributed by atoms with Crippen LogP contribution < -0.4 is 10.2 Å². The Morgan fingerprint density at radius 2 is 1.96 bits per heavy atom. The summed E-state index contributed by atoms with van der Waals surface area (Å²) in [5.41, 5.74) is 1.88. The van der Waals surface area contributed by atoms with Crippen molar-refractivity contribution in [2.24, 2.45) is 5.92 Å². The Labute approximate surface area is 165 Å². The summed E-state index contributed by atoms with van der Waals surface area (Å²) in [5, 5.41) is 13.8. The first-order valence-electron chi connectivity index (χ1n) is 9.23. The molecule has 2 aromatic rings. The second-order valence-electron chi connectivity index (χ2n) is 7.95. The van der Waals surface area contributed by atoms with E-state index >= 15 is 0 Å². The van der Waals surface area contributed by atoms with Gasteiger partial charge < -0.3 is 10.4 Å². The van der Waals surface area contributed by atoms with Crippen molar-refractivity contribution < 1.29 is 9.90 Å². The van der Waals surface area contributed by atoms with Crippen molar-refractivity contribution in [1.29, 1.82) is 0 Å². The maximum Gasteiger partial charge on any atom is 0.238 e. The van der Waals surface area contributed by atoms with Gasteiger partial charge in [0.25, 0.3) is 0 Å². The summed E-state index contributed by atoms with van der Waals surface area (Å²) in [6.45, 7) is 7.53. The van der Waals surface area contributed by atoms with Crippen LogP contribution in [0.15, 0.2) is 42.6 Å². The van der Waals surface area contributed by atoms with Crippen LogP contribution in [0.5, 0.6) is 0 Å². The van der Waals surface area contributed by atoms with E-state index in [0.29, 0.717) is 36.0 Å². The van der Waals surface area contributed by atoms with Crippen LogP contribution in [0.3, 0.4) is 0 Å². The monoisotopic (exact) mass is 387 g/mol. The summed E-state index contributed by atoms with van der Waals surface area (Å²) in [6, 6.07) is 11.3. The standard InChI is InChI=1S/C21H26ClN3O2/c1-21(2,3)14-6-8-15(9-7-14)25(19-17(22)5-4-11-24-19)20(27)16-10-12-23-13-18(16)26/h4-9,11,16,18,23,26H,10,12-13H2,1-3H3/t16-,18+/m1/s1. The number of hydrogen-bond donors (Lipinski definition) is 2. The molecular formula is C21H26ClN3O2. The molecule has 0 bridgehead atoms. The summed E-state index contributed by atoms with van der Waals surface area (Å²) < 4.78 is 0. The zero-order chi connectivity index (χ0) is 19.6. The van der Waals surface area contributed by atoms with Crippen LogP contribution in [-0.2, 0) is 10.2 Å². The number of carbonyl (C=O) groups is 1. The summed E-state index contributed by atoms with van der Waals surface area (Å²) in [6.07, 6.45) is 1.45. The third-order valence-corrected chi connectivity index (χ3v) is 5.23. The van der Waals surface area contributed by atoms with Crippen LogP contribution in [0.25, 0.3) is 0 Å². The van der Waals surface area contributed by atoms with Crippen molar-refractivity contribution >= 4 is 29.0 Å². The molecule has 0 radical (unpaired) electrons. The van der Waals surface area contributed by atoms with Crippen molar-refractivity contribution in [2.75, 3.05) is 18.0 Å². The molecule has 1 aromatic heterocycles. The largest absolute Gasteiger partial charge is 0.391 e. The number of hydrogen-bond acceptors (Lipinski definition) is 4. The lowest BCUT2D eigenvalue weighted by Crippen LogP contribution is -2.48. The Morgan fingerprint density at radius 1 is 1.26 bits per heavy atom. The van der Waals surface area contributed by atoms with E-state index in [2.05, 4.69) is 31.1 Å². The van der Waals surface area contributed by atoms with Crippen LogP contribution >= 0.6 is 11.6 Å². The molecule has 144 valence electrons. The van der Waals surface area contributed by atoms with Gasteiger partial charge in [-0.1, -0.05) is 44.5 Å². The van der Waals surface area contributed by atoms with Crippen molar-refractivity contribution in [1.82, 2.24) is 10.3 Å². The van der Waals surface area contributed by atoms with E-state index < -0.39 is 12.0 Å². The molecule has 0 saturated carbocycles. The van der Waals surface area contributed by atoms with Gasteiger partial charge in [-0.2, -0.15) is 0 Å². The van der Waals surface area contributed by atoms with Crippen LogP contribution in [-0.4, -0.2) is 35.2 Å². The molecule has 0 unspecified atom stereocenters. The molecular weight excluding hydrogens is 362 g/mol. The number of anilines is 2. The number of piperidine rings is 1. The zero-order valence-corrected chi connectivity index (χ0v) is 16.7. The minimum Gasteiger partial charge on any atom is -0.391 e. The quantitative estimate of drug-likeness (QED) is 0.843. The smallest absolute Gasteiger partial charge is 0.238 e. The number of benzene rings is 1. The van der Waals surface area contributed by atoms with Gasteiger partial charge in [0, 0.05) is 12.7 Å². The maximum atomic E-state index is 13.4. The number of nitrogens with one attached hydrogen (secondary N) is 1. The van der Waals surface area contributed by atoms with Gasteiger partial charge in [0.2, 0.25) is 5.91 Å². The number of amides is 1. The molecule has 0 aliphatic carbocycles. The molecule has 1 aliphatic heterocycles. The average molecular weight is 388 g/mol. The number of pyridine rings is 1. The third kappa shape index (κ3) is 4.32. The van der Waals surface area contributed by atoms with E-state index in [-0.39, 0.29) is 11.3 Å². The first-order valence-corrected chi connectivity index (χ1v) is 9.60. The van der Waals surface area contributed by atoms with Crippen molar-refractivity contribution in [3.63, 3.8) is 0 Å². The number of carbonyl (C=O) groups excluding carboxylic acids is 1. The van der Waals surface area contributed by atoms with Crippen LogP contribution in [0, 0.1) is 5.92 Å². The van der Waals surface area contributed by atoms with E-state index in [1.807, 2.05) is 24.3 Å². The highest BCUT2D eigenvalue weighted by molar-refractivity contribution is 6.33. The number of halogens is 1. The summed E-state index contributed by atoms with van der Waals surface area (Å²) >= 11 is 6.36. The number of β-amino-alcohol motifs (C(OH)–C–C–N with tert-alkyl or cyclic N) is 1. The Balaban J connectivity index is 2.03. The fourth-order valence-corrected chi connectivity index (χ4v) is 3.51. The van der Waals surface area contributed by atoms with E-state index in [4.69, 9.17) is 11.6 Å². The van der Waals surface area contributed by atoms with Gasteiger partial charge in [-0.25, -0.2) is 4.98 Å². The van der Waals surface area contributed by atoms with Crippen molar-refractivity contribution in [3.05, 3.63) is 53.2 Å². The topological polar surface area (TPSA) is 65.5 Å². The lowest BCUT2D eigenvalue weighted by atomic mass is 9.87. The number of aromatic nitrogens is 1. The SMILES string of the molecule is CC(C)(C)c1ccc(N(C(=O)[C@@H]2CCNC[C@@H]2O)c2ncccc2Cl)cc1. The van der Waals surface area contributed by atoms with Crippen LogP contribution in [0.1, 0.15) is 32.8 Å². The molecule has 6 heteroatoms. The van der Waals surface area contributed by atoms with Crippen LogP contribution in [0.4, 0.5) is 11.5 Å². The zero-order valence-electron chi connectivity index (χ0n) is 15.9. The first-order chi connectivity index (χ1) is 12.8. The second kappa shape index (κ2) is 7.97. The Morgan fingerprint density at radius 3 is 2.56 bits per heavy atom. The highest BCUT2D eigenvalue weighted by atomic mass is 35.5. The molecule has 2 atom stereocenters. The molecule has 3 rings (SSSR count). The Kier molecular flexibility index (Phi) is 5.84. The predicted octanol–water partition coefficient (Wildman–Crippen LogP) is 3.67. The number of aliphatic hydroxyl groups is 1. The molecule has 5 nitrogen and oxygen atoms in total. The van der Waals surface area contributed by atoms with E-state index in [0.717, 1.165) is 0 Å². The third-order valence-electron chi connectivity index (χ3n) is 4.93. The van der Waals surface area contributed by atoms with Gasteiger partial charge in [-0.15, -0.1) is 0 Å². The van der Waals surface area contributed by atoms with Gasteiger partial charge in [-0.05, 0) is 48.2 Å². The van der Waals surface area contributed by atoms with E-state index in [9.17, 15) is 9.90 Å². The van der Waals surface area contributed by atoms with E-state index in [1.54, 1.807) is 18.3 Å². The second-order valence-corrected chi connectivity index (χ2v) is 8.35. The fourth-order valence-electron chi connectivity index (χ4n) is 3.30. The van der Waals surface area contributed by atoms with Gasteiger partial charge in [0.05, 0.1) is 22.7 Å². The number of nitrogens with zero attached hydrogens (tertiary/aromatic N) is 2. The van der Waals surface area contributed by atoms with Gasteiger partial charge >= 0.3 is 0 Å². The van der Waals surface area contributed by atoms with Gasteiger partial charge in [0.15, 0.2) is 5.82 Å². The molecule has 2 N–H and O–H groups in total. The number of rotatable bonds is 3. The molecule has 1 fully saturated rings. The van der Waals surface area contributed by atoms with Gasteiger partial charge in [0.1, 0.15) is 0 Å². The average Bonchev–Trinajstić information content (AvgIpc) is 2.63. The summed E-state index contributed by atoms with van der Waals surface area (Å²) in [4.78, 5) is 19.3. The van der Waals surface area contributed by atoms with Crippen molar-refractivity contribution in [2.45, 2.75) is 38.7 Å². The summed E-state index contributed by atoms with van der Waals surface area (Å²) in [5.74, 6) is -0.293. The normalized spacial score (nSPS) is 20.3.